The first-order valence-electron chi connectivity index (χ1n) is 23.4. The Balaban J connectivity index is 0.921. The van der Waals surface area contributed by atoms with E-state index in [1.165, 1.54) is 10.8 Å². The molecule has 6 heterocycles. The molecule has 6 aromatic heterocycles. The second-order valence-electron chi connectivity index (χ2n) is 17.5. The second kappa shape index (κ2) is 16.0. The molecular formula is C62H38N8. The molecule has 0 bridgehead atoms. The first-order valence-corrected chi connectivity index (χ1v) is 23.4. The third-order valence-corrected chi connectivity index (χ3v) is 13.4. The Morgan fingerprint density at radius 2 is 0.843 bits per heavy atom. The Labute approximate surface area is 401 Å². The highest BCUT2D eigenvalue weighted by Gasteiger charge is 2.20. The molecule has 0 radical (unpaired) electrons. The van der Waals surface area contributed by atoms with Gasteiger partial charge in [-0.15, -0.1) is 0 Å². The number of fused-ring (bicyclic) bond motifs is 8. The van der Waals surface area contributed by atoms with Crippen molar-refractivity contribution >= 4 is 65.4 Å². The van der Waals surface area contributed by atoms with Gasteiger partial charge in [-0.25, -0.2) is 29.9 Å². The van der Waals surface area contributed by atoms with Gasteiger partial charge in [-0.1, -0.05) is 170 Å². The summed E-state index contributed by atoms with van der Waals surface area (Å²) in [6, 6.07) is 77.6. The molecule has 0 amide bonds. The van der Waals surface area contributed by atoms with E-state index in [0.29, 0.717) is 17.3 Å². The van der Waals surface area contributed by atoms with Crippen LogP contribution in [0.1, 0.15) is 0 Å². The van der Waals surface area contributed by atoms with Crippen LogP contribution < -0.4 is 0 Å². The van der Waals surface area contributed by atoms with Crippen molar-refractivity contribution in [2.24, 2.45) is 0 Å². The van der Waals surface area contributed by atoms with Crippen molar-refractivity contribution in [1.82, 2.24) is 39.0 Å². The van der Waals surface area contributed by atoms with Gasteiger partial charge in [-0.2, -0.15) is 0 Å². The van der Waals surface area contributed by atoms with Crippen LogP contribution >= 0.6 is 0 Å². The summed E-state index contributed by atoms with van der Waals surface area (Å²) in [6.07, 6.45) is 1.89. The lowest BCUT2D eigenvalue weighted by molar-refractivity contribution is 1.07. The molecule has 0 fully saturated rings. The van der Waals surface area contributed by atoms with Crippen LogP contribution in [0.5, 0.6) is 0 Å². The molecule has 0 aliphatic rings. The highest BCUT2D eigenvalue weighted by Crippen LogP contribution is 2.39. The molecule has 0 spiro atoms. The lowest BCUT2D eigenvalue weighted by atomic mass is 9.98. The van der Waals surface area contributed by atoms with Gasteiger partial charge in [-0.3, -0.25) is 9.13 Å². The Kier molecular flexibility index (Phi) is 9.03. The first-order chi connectivity index (χ1) is 34.7. The van der Waals surface area contributed by atoms with E-state index in [9.17, 15) is 0 Å². The average molecular weight is 895 g/mol. The zero-order chi connectivity index (χ0) is 46.1. The smallest absolute Gasteiger partial charge is 0.179 e. The molecule has 70 heavy (non-hydrogen) atoms. The molecule has 0 aliphatic carbocycles. The van der Waals surface area contributed by atoms with Gasteiger partial charge in [0.2, 0.25) is 0 Å². The minimum Gasteiger partial charge on any atom is -0.294 e. The molecule has 14 rings (SSSR count). The van der Waals surface area contributed by atoms with E-state index in [4.69, 9.17) is 29.9 Å². The van der Waals surface area contributed by atoms with Gasteiger partial charge in [0, 0.05) is 60.8 Å². The zero-order valence-corrected chi connectivity index (χ0v) is 37.5. The maximum Gasteiger partial charge on any atom is 0.179 e. The summed E-state index contributed by atoms with van der Waals surface area (Å²) in [6.45, 7) is 0. The van der Waals surface area contributed by atoms with Gasteiger partial charge in [0.05, 0.1) is 44.5 Å². The van der Waals surface area contributed by atoms with Crippen molar-refractivity contribution in [3.8, 4) is 68.2 Å². The van der Waals surface area contributed by atoms with Crippen LogP contribution in [0.2, 0.25) is 0 Å². The lowest BCUT2D eigenvalue weighted by Gasteiger charge is -2.14. The Hall–Kier alpha value is -9.66. The van der Waals surface area contributed by atoms with E-state index in [2.05, 4.69) is 179 Å². The lowest BCUT2D eigenvalue weighted by Crippen LogP contribution is -2.02. The van der Waals surface area contributed by atoms with Crippen molar-refractivity contribution in [2.45, 2.75) is 0 Å². The zero-order valence-electron chi connectivity index (χ0n) is 37.5. The third-order valence-electron chi connectivity index (χ3n) is 13.4. The van der Waals surface area contributed by atoms with Crippen molar-refractivity contribution in [2.75, 3.05) is 0 Å². The summed E-state index contributed by atoms with van der Waals surface area (Å²) >= 11 is 0. The molecule has 0 aliphatic heterocycles. The van der Waals surface area contributed by atoms with Crippen molar-refractivity contribution in [3.63, 3.8) is 0 Å². The number of nitrogens with zero attached hydrogens (tertiary/aromatic N) is 8. The van der Waals surface area contributed by atoms with E-state index < -0.39 is 0 Å². The van der Waals surface area contributed by atoms with E-state index in [1.807, 2.05) is 60.8 Å². The average Bonchev–Trinajstić information content (AvgIpc) is 3.95. The highest BCUT2D eigenvalue weighted by atomic mass is 15.1. The minimum absolute atomic E-state index is 0.548. The Morgan fingerprint density at radius 1 is 0.300 bits per heavy atom. The summed E-state index contributed by atoms with van der Waals surface area (Å²) in [5.41, 5.74) is 13.3. The highest BCUT2D eigenvalue weighted by molar-refractivity contribution is 6.12. The number of hydrogen-bond acceptors (Lipinski definition) is 6. The number of pyridine rings is 2. The minimum atomic E-state index is 0.548. The number of rotatable bonds is 7. The predicted octanol–water partition coefficient (Wildman–Crippen LogP) is 14.9. The SMILES string of the molecule is c1ccc(-c2nc(-c3ccc(-n4c5ccccc5c5ccc(-c6cccc7c(-c8ccccc8)nc(-c8cccc(-n9c%10ccccc%10c%10ccccc%109)n8)nc67)cc54)nc3)nc3ccccc23)cc1. The summed E-state index contributed by atoms with van der Waals surface area (Å²) in [4.78, 5) is 31.3. The Bertz CT molecular complexity index is 4300. The van der Waals surface area contributed by atoms with Crippen molar-refractivity contribution in [1.29, 1.82) is 0 Å². The van der Waals surface area contributed by atoms with Gasteiger partial charge >= 0.3 is 0 Å². The summed E-state index contributed by atoms with van der Waals surface area (Å²) < 4.78 is 4.48. The van der Waals surface area contributed by atoms with Crippen LogP contribution in [-0.4, -0.2) is 39.0 Å². The van der Waals surface area contributed by atoms with Crippen LogP contribution in [0.4, 0.5) is 0 Å². The summed E-state index contributed by atoms with van der Waals surface area (Å²) in [7, 11) is 0. The predicted molar refractivity (Wildman–Crippen MR) is 284 cm³/mol. The van der Waals surface area contributed by atoms with E-state index in [0.717, 1.165) is 105 Å². The molecule has 0 N–H and O–H groups in total. The molecule has 0 atom stereocenters. The van der Waals surface area contributed by atoms with Crippen molar-refractivity contribution in [3.05, 3.63) is 231 Å². The molecule has 14 aromatic rings. The topological polar surface area (TPSA) is 87.2 Å². The first kappa shape index (κ1) is 39.5. The van der Waals surface area contributed by atoms with Gasteiger partial charge < -0.3 is 0 Å². The number of aromatic nitrogens is 8. The maximum absolute atomic E-state index is 5.43. The van der Waals surface area contributed by atoms with Crippen LogP contribution in [-0.2, 0) is 0 Å². The molecule has 0 saturated heterocycles. The largest absolute Gasteiger partial charge is 0.294 e. The molecule has 326 valence electrons. The maximum atomic E-state index is 5.43. The van der Waals surface area contributed by atoms with Gasteiger partial charge in [0.25, 0.3) is 0 Å². The van der Waals surface area contributed by atoms with Gasteiger partial charge in [-0.05, 0) is 60.2 Å². The number of hydrogen-bond donors (Lipinski definition) is 0. The van der Waals surface area contributed by atoms with E-state index in [-0.39, 0.29) is 0 Å². The summed E-state index contributed by atoms with van der Waals surface area (Å²) in [5, 5.41) is 6.59. The fourth-order valence-electron chi connectivity index (χ4n) is 10.2. The fourth-order valence-corrected chi connectivity index (χ4v) is 10.2. The number of benzene rings is 8. The molecule has 8 nitrogen and oxygen atoms in total. The standard InChI is InChI=1S/C62H38N8/c1-3-17-39(18-4-1)58-48-24-7-11-27-50(48)65-61(66-58)42-34-36-56(63-38-42)70-54-31-14-10-23-46(54)47-35-33-41(37-55(47)70)43-25-15-26-49-59(40-19-5-2-6-20-40)67-62(68-60(43)49)51-28-16-32-57(64-51)69-52-29-12-8-21-44(52)45-22-9-13-30-53(45)69/h1-38H. The molecular weight excluding hydrogens is 857 g/mol. The number of para-hydroxylation sites is 5. The fraction of sp³-hybridized carbons (Fsp3) is 0. The monoisotopic (exact) mass is 894 g/mol. The van der Waals surface area contributed by atoms with E-state index >= 15 is 0 Å². The summed E-state index contributed by atoms with van der Waals surface area (Å²) in [5.74, 6) is 2.77. The van der Waals surface area contributed by atoms with Crippen LogP contribution in [0.3, 0.4) is 0 Å². The van der Waals surface area contributed by atoms with Gasteiger partial charge in [0.1, 0.15) is 17.3 Å². The quantitative estimate of drug-likeness (QED) is 0.158. The normalized spacial score (nSPS) is 11.7. The molecule has 0 unspecified atom stereocenters. The van der Waals surface area contributed by atoms with Crippen molar-refractivity contribution < 1.29 is 0 Å². The molecule has 8 heteroatoms. The third kappa shape index (κ3) is 6.38. The van der Waals surface area contributed by atoms with E-state index in [1.54, 1.807) is 0 Å². The van der Waals surface area contributed by atoms with Crippen LogP contribution in [0.25, 0.3) is 134 Å². The second-order valence-corrected chi connectivity index (χ2v) is 17.5. The molecule has 0 saturated carbocycles. The Morgan fingerprint density at radius 3 is 1.51 bits per heavy atom. The van der Waals surface area contributed by atoms with Gasteiger partial charge in [0.15, 0.2) is 11.6 Å². The van der Waals surface area contributed by atoms with Crippen LogP contribution in [0, 0.1) is 0 Å². The molecule has 8 aromatic carbocycles. The van der Waals surface area contributed by atoms with Crippen LogP contribution in [0.15, 0.2) is 231 Å².